The van der Waals surface area contributed by atoms with Crippen molar-refractivity contribution in [2.24, 2.45) is 4.99 Å². The number of nitrogens with zero attached hydrogens (tertiary/aromatic N) is 9. The van der Waals surface area contributed by atoms with Gasteiger partial charge in [0, 0.05) is 102 Å². The number of aliphatic carboxylic acids is 7. The number of esters is 1. The number of aromatic nitrogens is 2. The summed E-state index contributed by atoms with van der Waals surface area (Å²) in [6.07, 6.45) is 9.38. The van der Waals surface area contributed by atoms with Crippen LogP contribution in [0.3, 0.4) is 0 Å². The van der Waals surface area contributed by atoms with Gasteiger partial charge in [0.15, 0.2) is 0 Å². The van der Waals surface area contributed by atoms with Crippen LogP contribution in [0.25, 0.3) is 0 Å². The normalized spacial score (nSPS) is 16.5. The molecule has 0 saturated carbocycles. The number of carbonyl (C=O) groups excluding carboxylic acids is 3. The Labute approximate surface area is 481 Å². The summed E-state index contributed by atoms with van der Waals surface area (Å²) in [6, 6.07) is -4.74. The lowest BCUT2D eigenvalue weighted by atomic mass is 10.0. The molecule has 1 aromatic rings. The Balaban J connectivity index is 1.92. The molecule has 10 N–H and O–H groups in total. The highest BCUT2D eigenvalue weighted by molar-refractivity contribution is 5.93. The Bertz CT molecular complexity index is 2430. The monoisotopic (exact) mass is 1180 g/mol. The molecule has 3 atom stereocenters. The van der Waals surface area contributed by atoms with Crippen molar-refractivity contribution in [3.8, 4) is 0 Å². The van der Waals surface area contributed by atoms with Crippen LogP contribution < -0.4 is 16.0 Å². The van der Waals surface area contributed by atoms with Gasteiger partial charge < -0.3 is 65.9 Å². The second-order valence-electron chi connectivity index (χ2n) is 20.2. The molecule has 0 aliphatic carbocycles. The molecule has 83 heavy (non-hydrogen) atoms. The Morgan fingerprint density at radius 1 is 0.627 bits per heavy atom. The standard InChI is InChI=1S/C53H84N12O18/c1-4-37-11-10-19-64(34-48(73)74)42(37)29-63(30-43-55-17-20-65(43)35-49(75)76)18-9-7-12-39(38(5-2)54-16-8-6-13-40(51(78)79)57-53(82)58-41(52(80)81)14-15-45(67)68)56-44(66)31-59-21-23-60(32-46(69)70)24-25-61(33-47(71)72)26-28-62(27-22-59)36-50(77)83-3/h10,17,19-20,39-41H,4-9,11-16,18,21-36H2,1-3H3,(H,56,66)(H,67,68)(H,69,70)(H,71,72)(H,73,74)(H,75,76)(H,78,79)(H,80,81)(H2,57,58,82). The van der Waals surface area contributed by atoms with Crippen molar-refractivity contribution >= 4 is 65.4 Å². The minimum Gasteiger partial charge on any atom is -0.481 e. The Kier molecular flexibility index (Phi) is 31.5. The number of ether oxygens (including phenoxy) is 1. The number of allylic oxidation sites excluding steroid dienone is 2. The maximum atomic E-state index is 14.4. The van der Waals surface area contributed by atoms with Gasteiger partial charge >= 0.3 is 53.8 Å². The summed E-state index contributed by atoms with van der Waals surface area (Å²) in [5.74, 6) is -8.81. The molecule has 3 unspecified atom stereocenters. The van der Waals surface area contributed by atoms with Crippen LogP contribution in [0.2, 0.25) is 0 Å². The number of methoxy groups -OCH3 is 1. The molecule has 464 valence electrons. The van der Waals surface area contributed by atoms with E-state index < -0.39 is 90.7 Å². The number of carbonyl (C=O) groups is 10. The third kappa shape index (κ3) is 27.9. The van der Waals surface area contributed by atoms with E-state index in [4.69, 9.17) is 14.8 Å². The van der Waals surface area contributed by atoms with E-state index in [1.54, 1.807) is 32.0 Å². The molecule has 2 aliphatic heterocycles. The smallest absolute Gasteiger partial charge is 0.326 e. The van der Waals surface area contributed by atoms with Crippen molar-refractivity contribution in [3.05, 3.63) is 41.8 Å². The van der Waals surface area contributed by atoms with Crippen LogP contribution in [-0.4, -0.2) is 270 Å². The van der Waals surface area contributed by atoms with E-state index >= 15 is 0 Å². The third-order valence-electron chi connectivity index (χ3n) is 14.0. The summed E-state index contributed by atoms with van der Waals surface area (Å²) in [4.78, 5) is 142. The SMILES string of the molecule is CCC(=NCCCCC(NC(=O)NC(CCC(=O)O)C(=O)O)C(=O)O)C(CCCCN(CC1=C(CC)CC=CN1CC(=O)O)Cc1nccn1CC(=O)O)NC(=O)CN1CCN(CC(=O)O)CCN(CC(=O)O)CCN(CC(=O)OC)CC1. The largest absolute Gasteiger partial charge is 0.481 e. The topological polar surface area (TPSA) is 407 Å². The quantitative estimate of drug-likeness (QED) is 0.0239. The van der Waals surface area contributed by atoms with Crippen LogP contribution in [0, 0.1) is 0 Å². The minimum absolute atomic E-state index is 0.0712. The van der Waals surface area contributed by atoms with Gasteiger partial charge in [0.05, 0.1) is 45.9 Å². The van der Waals surface area contributed by atoms with Gasteiger partial charge in [0.25, 0.3) is 0 Å². The fourth-order valence-electron chi connectivity index (χ4n) is 9.57. The number of carboxylic acid groups (broad SMARTS) is 7. The van der Waals surface area contributed by atoms with Crippen LogP contribution >= 0.6 is 0 Å². The predicted octanol–water partition coefficient (Wildman–Crippen LogP) is 0.0484. The lowest BCUT2D eigenvalue weighted by Gasteiger charge is -2.33. The maximum absolute atomic E-state index is 14.4. The first-order valence-corrected chi connectivity index (χ1v) is 27.8. The van der Waals surface area contributed by atoms with Crippen LogP contribution in [-0.2, 0) is 61.0 Å². The van der Waals surface area contributed by atoms with E-state index in [1.165, 1.54) is 17.9 Å². The average molecular weight is 1180 g/mol. The number of unbranched alkanes of at least 4 members (excludes halogenated alkanes) is 2. The Hall–Kier alpha value is -7.54. The van der Waals surface area contributed by atoms with Gasteiger partial charge in [-0.25, -0.2) is 19.4 Å². The van der Waals surface area contributed by atoms with Crippen molar-refractivity contribution in [2.45, 2.75) is 116 Å². The number of amides is 3. The number of hydrogen-bond acceptors (Lipinski definition) is 19. The molecule has 30 heteroatoms. The molecule has 3 heterocycles. The van der Waals surface area contributed by atoms with Gasteiger partial charge in [-0.2, -0.15) is 0 Å². The Morgan fingerprint density at radius 2 is 1.16 bits per heavy atom. The van der Waals surface area contributed by atoms with E-state index in [9.17, 15) is 78.6 Å². The minimum atomic E-state index is -1.58. The van der Waals surface area contributed by atoms with Gasteiger partial charge in [-0.1, -0.05) is 19.9 Å². The fourth-order valence-corrected chi connectivity index (χ4v) is 9.57. The summed E-state index contributed by atoms with van der Waals surface area (Å²) in [5, 5.41) is 74.6. The zero-order chi connectivity index (χ0) is 61.4. The van der Waals surface area contributed by atoms with Gasteiger partial charge in [-0.15, -0.1) is 0 Å². The van der Waals surface area contributed by atoms with Crippen LogP contribution in [0.5, 0.6) is 0 Å². The number of imidazole rings is 1. The summed E-state index contributed by atoms with van der Waals surface area (Å²) >= 11 is 0. The fraction of sp³-hybridized carbons (Fsp3) is 0.660. The first-order chi connectivity index (χ1) is 39.5. The average Bonchev–Trinajstić information content (AvgIpc) is 4.05. The van der Waals surface area contributed by atoms with Crippen molar-refractivity contribution in [1.82, 2.24) is 54.9 Å². The summed E-state index contributed by atoms with van der Waals surface area (Å²) in [7, 11) is 1.25. The first kappa shape index (κ1) is 69.7. The van der Waals surface area contributed by atoms with Crippen LogP contribution in [0.4, 0.5) is 4.79 Å². The summed E-state index contributed by atoms with van der Waals surface area (Å²) in [6.45, 7) is 5.43. The van der Waals surface area contributed by atoms with Crippen molar-refractivity contribution < 1.29 is 88.4 Å². The molecule has 1 aromatic heterocycles. The highest BCUT2D eigenvalue weighted by atomic mass is 16.5. The van der Waals surface area contributed by atoms with Gasteiger partial charge in [0.1, 0.15) is 31.0 Å². The van der Waals surface area contributed by atoms with E-state index in [0.29, 0.717) is 69.6 Å². The lowest BCUT2D eigenvalue weighted by molar-refractivity contribution is -0.143. The van der Waals surface area contributed by atoms with Crippen molar-refractivity contribution in [1.29, 1.82) is 0 Å². The second-order valence-corrected chi connectivity index (χ2v) is 20.2. The van der Waals surface area contributed by atoms with Gasteiger partial charge in [-0.05, 0) is 76.3 Å². The van der Waals surface area contributed by atoms with Crippen molar-refractivity contribution in [3.63, 3.8) is 0 Å². The zero-order valence-electron chi connectivity index (χ0n) is 47.7. The lowest BCUT2D eigenvalue weighted by Crippen LogP contribution is -2.51. The summed E-state index contributed by atoms with van der Waals surface area (Å²) in [5.41, 5.74) is 2.48. The highest BCUT2D eigenvalue weighted by Crippen LogP contribution is 2.25. The summed E-state index contributed by atoms with van der Waals surface area (Å²) < 4.78 is 6.46. The number of nitrogens with one attached hydrogen (secondary N) is 3. The molecule has 3 rings (SSSR count). The molecule has 1 saturated heterocycles. The van der Waals surface area contributed by atoms with Gasteiger partial charge in [-0.3, -0.25) is 63.1 Å². The van der Waals surface area contributed by atoms with E-state index in [-0.39, 0.29) is 118 Å². The molecule has 3 amide bonds. The zero-order valence-corrected chi connectivity index (χ0v) is 47.7. The predicted molar refractivity (Wildman–Crippen MR) is 297 cm³/mol. The first-order valence-electron chi connectivity index (χ1n) is 27.8. The highest BCUT2D eigenvalue weighted by Gasteiger charge is 2.28. The Morgan fingerprint density at radius 3 is 1.67 bits per heavy atom. The number of urea groups is 1. The number of hydrogen-bond donors (Lipinski definition) is 10. The molecule has 30 nitrogen and oxygen atoms in total. The van der Waals surface area contributed by atoms with E-state index in [0.717, 1.165) is 11.3 Å². The molecule has 0 spiro atoms. The van der Waals surface area contributed by atoms with Crippen LogP contribution in [0.15, 0.2) is 40.9 Å². The van der Waals surface area contributed by atoms with Gasteiger partial charge in [0.2, 0.25) is 5.91 Å². The molecule has 0 bridgehead atoms. The molecular formula is C53H84N12O18. The number of rotatable bonds is 37. The second kappa shape index (κ2) is 37.5. The maximum Gasteiger partial charge on any atom is 0.326 e. The molecule has 0 aromatic carbocycles. The number of carboxylic acids is 7. The number of aliphatic imine (C=N–C) groups is 1. The van der Waals surface area contributed by atoms with E-state index in [1.807, 2.05) is 24.8 Å². The molecular weight excluding hydrogens is 1090 g/mol. The molecule has 1 fully saturated rings. The van der Waals surface area contributed by atoms with Crippen molar-refractivity contribution in [2.75, 3.05) is 112 Å². The molecule has 0 radical (unpaired) electrons. The third-order valence-corrected chi connectivity index (χ3v) is 14.0. The molecule has 2 aliphatic rings. The van der Waals surface area contributed by atoms with Crippen LogP contribution in [0.1, 0.15) is 90.3 Å². The van der Waals surface area contributed by atoms with E-state index in [2.05, 4.69) is 25.8 Å².